The Kier molecular flexibility index (Phi) is 6.27. The van der Waals surface area contributed by atoms with Gasteiger partial charge in [0.05, 0.1) is 12.3 Å². The highest BCUT2D eigenvalue weighted by atomic mass is 16.6. The lowest BCUT2D eigenvalue weighted by Crippen LogP contribution is -2.30. The molecule has 0 fully saturated rings. The number of aromatic nitrogens is 1. The Bertz CT molecular complexity index is 494. The van der Waals surface area contributed by atoms with E-state index in [1.54, 1.807) is 23.8 Å². The molecule has 0 aliphatic heterocycles. The molecule has 2 N–H and O–H groups in total. The molecule has 6 nitrogen and oxygen atoms in total. The van der Waals surface area contributed by atoms with Gasteiger partial charge >= 0.3 is 11.9 Å². The second-order valence-corrected chi connectivity index (χ2v) is 5.09. The molecule has 0 amide bonds. The highest BCUT2D eigenvalue weighted by Gasteiger charge is 2.26. The third-order valence-corrected chi connectivity index (χ3v) is 2.98. The summed E-state index contributed by atoms with van der Waals surface area (Å²) in [4.78, 5) is 24.1. The number of hydrogen-bond donors (Lipinski definition) is 1. The van der Waals surface area contributed by atoms with Gasteiger partial charge in [-0.3, -0.25) is 0 Å². The Balaban J connectivity index is 2.89. The SMILES string of the molecule is CCCC(OC(=O)c1cc(N)cn1C(C)C)C(=O)OCC. The minimum atomic E-state index is -0.876. The zero-order valence-corrected chi connectivity index (χ0v) is 13.1. The normalized spacial score (nSPS) is 12.2. The van der Waals surface area contributed by atoms with Gasteiger partial charge in [0.15, 0.2) is 6.10 Å². The molecule has 1 aromatic rings. The second-order valence-electron chi connectivity index (χ2n) is 5.09. The third-order valence-electron chi connectivity index (χ3n) is 2.98. The van der Waals surface area contributed by atoms with Gasteiger partial charge < -0.3 is 19.8 Å². The van der Waals surface area contributed by atoms with Crippen molar-refractivity contribution in [1.29, 1.82) is 0 Å². The van der Waals surface area contributed by atoms with Crippen molar-refractivity contribution in [2.45, 2.75) is 52.7 Å². The number of nitrogens with zero attached hydrogens (tertiary/aromatic N) is 1. The predicted molar refractivity (Wildman–Crippen MR) is 80.0 cm³/mol. The molecule has 21 heavy (non-hydrogen) atoms. The van der Waals surface area contributed by atoms with E-state index in [2.05, 4.69) is 0 Å². The van der Waals surface area contributed by atoms with Gasteiger partial charge in [-0.15, -0.1) is 0 Å². The van der Waals surface area contributed by atoms with Gasteiger partial charge in [-0.1, -0.05) is 13.3 Å². The number of esters is 2. The molecule has 0 aliphatic rings. The van der Waals surface area contributed by atoms with E-state index in [-0.39, 0.29) is 12.6 Å². The Labute approximate surface area is 125 Å². The zero-order chi connectivity index (χ0) is 16.0. The fraction of sp³-hybridized carbons (Fsp3) is 0.600. The molecule has 6 heteroatoms. The lowest BCUT2D eigenvalue weighted by atomic mass is 10.2. The molecule has 1 heterocycles. The highest BCUT2D eigenvalue weighted by molar-refractivity contribution is 5.91. The van der Waals surface area contributed by atoms with Crippen LogP contribution in [0.3, 0.4) is 0 Å². The van der Waals surface area contributed by atoms with E-state index < -0.39 is 18.0 Å². The largest absolute Gasteiger partial charge is 0.463 e. The van der Waals surface area contributed by atoms with E-state index >= 15 is 0 Å². The van der Waals surface area contributed by atoms with Crippen LogP contribution < -0.4 is 5.73 Å². The molecule has 0 saturated heterocycles. The molecule has 0 aliphatic carbocycles. The standard InChI is InChI=1S/C15H24N2O4/c1-5-7-13(15(19)20-6-2)21-14(18)12-8-11(16)9-17(12)10(3)4/h8-10,13H,5-7,16H2,1-4H3. The Morgan fingerprint density at radius 1 is 1.33 bits per heavy atom. The summed E-state index contributed by atoms with van der Waals surface area (Å²) in [6, 6.07) is 1.62. The van der Waals surface area contributed by atoms with Gasteiger partial charge in [0.25, 0.3) is 0 Å². The van der Waals surface area contributed by atoms with Crippen LogP contribution in [0.15, 0.2) is 12.3 Å². The summed E-state index contributed by atoms with van der Waals surface area (Å²) in [5, 5.41) is 0. The number of rotatable bonds is 7. The topological polar surface area (TPSA) is 83.5 Å². The number of anilines is 1. The second kappa shape index (κ2) is 7.71. The quantitative estimate of drug-likeness (QED) is 0.782. The van der Waals surface area contributed by atoms with E-state index in [1.807, 2.05) is 20.8 Å². The minimum Gasteiger partial charge on any atom is -0.463 e. The van der Waals surface area contributed by atoms with E-state index in [0.717, 1.165) is 0 Å². The molecule has 1 aromatic heterocycles. The summed E-state index contributed by atoms with van der Waals surface area (Å²) in [6.45, 7) is 7.75. The lowest BCUT2D eigenvalue weighted by Gasteiger charge is -2.17. The number of hydrogen-bond acceptors (Lipinski definition) is 5. The summed E-state index contributed by atoms with van der Waals surface area (Å²) in [5.74, 6) is -1.07. The summed E-state index contributed by atoms with van der Waals surface area (Å²) >= 11 is 0. The average Bonchev–Trinajstić information content (AvgIpc) is 2.81. The van der Waals surface area contributed by atoms with Crippen molar-refractivity contribution >= 4 is 17.6 Å². The number of carbonyl (C=O) groups is 2. The molecule has 0 spiro atoms. The molecule has 0 aromatic carbocycles. The van der Waals surface area contributed by atoms with Gasteiger partial charge in [-0.2, -0.15) is 0 Å². The van der Waals surface area contributed by atoms with Crippen molar-refractivity contribution < 1.29 is 19.1 Å². The van der Waals surface area contributed by atoms with E-state index in [0.29, 0.717) is 24.2 Å². The first-order valence-corrected chi connectivity index (χ1v) is 7.25. The fourth-order valence-corrected chi connectivity index (χ4v) is 2.00. The maximum absolute atomic E-state index is 12.3. The number of carbonyl (C=O) groups excluding carboxylic acids is 2. The minimum absolute atomic E-state index is 0.0667. The molecular weight excluding hydrogens is 272 g/mol. The van der Waals surface area contributed by atoms with Crippen molar-refractivity contribution in [3.05, 3.63) is 18.0 Å². The van der Waals surface area contributed by atoms with Crippen LogP contribution in [-0.4, -0.2) is 29.2 Å². The summed E-state index contributed by atoms with van der Waals surface area (Å²) < 4.78 is 12.0. The van der Waals surface area contributed by atoms with Crippen LogP contribution in [0.5, 0.6) is 0 Å². The smallest absolute Gasteiger partial charge is 0.355 e. The van der Waals surface area contributed by atoms with Gasteiger partial charge in [-0.05, 0) is 33.3 Å². The maximum atomic E-state index is 12.3. The highest BCUT2D eigenvalue weighted by Crippen LogP contribution is 2.19. The van der Waals surface area contributed by atoms with Gasteiger partial charge in [0.1, 0.15) is 5.69 Å². The first-order valence-electron chi connectivity index (χ1n) is 7.25. The molecule has 0 bridgehead atoms. The summed E-state index contributed by atoms with van der Waals surface area (Å²) in [7, 11) is 0. The molecule has 118 valence electrons. The predicted octanol–water partition coefficient (Wildman–Crippen LogP) is 2.54. The van der Waals surface area contributed by atoms with Crippen LogP contribution in [0.4, 0.5) is 5.69 Å². The molecule has 0 radical (unpaired) electrons. The van der Waals surface area contributed by atoms with Gasteiger partial charge in [0, 0.05) is 12.2 Å². The molecular formula is C15H24N2O4. The first kappa shape index (κ1) is 17.1. The molecule has 1 unspecified atom stereocenters. The van der Waals surface area contributed by atoms with E-state index in [1.165, 1.54) is 0 Å². The van der Waals surface area contributed by atoms with Crippen LogP contribution in [-0.2, 0) is 14.3 Å². The average molecular weight is 296 g/mol. The Morgan fingerprint density at radius 2 is 2.00 bits per heavy atom. The Hall–Kier alpha value is -1.98. The Morgan fingerprint density at radius 3 is 2.52 bits per heavy atom. The lowest BCUT2D eigenvalue weighted by molar-refractivity contribution is -0.153. The number of nitrogens with two attached hydrogens (primary N) is 1. The van der Waals surface area contributed by atoms with Gasteiger partial charge in [-0.25, -0.2) is 9.59 Å². The van der Waals surface area contributed by atoms with Crippen molar-refractivity contribution in [2.24, 2.45) is 0 Å². The molecule has 1 rings (SSSR count). The van der Waals surface area contributed by atoms with Crippen molar-refractivity contribution in [3.8, 4) is 0 Å². The maximum Gasteiger partial charge on any atom is 0.355 e. The van der Waals surface area contributed by atoms with E-state index in [4.69, 9.17) is 15.2 Å². The molecule has 1 atom stereocenters. The van der Waals surface area contributed by atoms with Crippen LogP contribution in [0, 0.1) is 0 Å². The van der Waals surface area contributed by atoms with Crippen LogP contribution >= 0.6 is 0 Å². The number of ether oxygens (including phenoxy) is 2. The van der Waals surface area contributed by atoms with Crippen molar-refractivity contribution in [1.82, 2.24) is 4.57 Å². The van der Waals surface area contributed by atoms with Crippen LogP contribution in [0.1, 0.15) is 57.1 Å². The van der Waals surface area contributed by atoms with Gasteiger partial charge in [0.2, 0.25) is 0 Å². The van der Waals surface area contributed by atoms with Crippen molar-refractivity contribution in [2.75, 3.05) is 12.3 Å². The first-order chi connectivity index (χ1) is 9.90. The summed E-state index contributed by atoms with van der Waals surface area (Å²) in [5.41, 5.74) is 6.56. The number of nitrogen functional groups attached to an aromatic ring is 1. The van der Waals surface area contributed by atoms with Crippen molar-refractivity contribution in [3.63, 3.8) is 0 Å². The van der Waals surface area contributed by atoms with E-state index in [9.17, 15) is 9.59 Å². The zero-order valence-electron chi connectivity index (χ0n) is 13.1. The fourth-order valence-electron chi connectivity index (χ4n) is 2.00. The molecule has 0 saturated carbocycles. The monoisotopic (exact) mass is 296 g/mol. The van der Waals surface area contributed by atoms with Crippen LogP contribution in [0.2, 0.25) is 0 Å². The summed E-state index contributed by atoms with van der Waals surface area (Å²) in [6.07, 6.45) is 1.95. The third kappa shape index (κ3) is 4.51. The van der Waals surface area contributed by atoms with Crippen LogP contribution in [0.25, 0.3) is 0 Å².